The second-order valence-electron chi connectivity index (χ2n) is 5.00. The highest BCUT2D eigenvalue weighted by Crippen LogP contribution is 2.27. The first kappa shape index (κ1) is 13.5. The van der Waals surface area contributed by atoms with E-state index in [1.165, 1.54) is 4.90 Å². The number of nitrogens with zero attached hydrogens (tertiary/aromatic N) is 1. The summed E-state index contributed by atoms with van der Waals surface area (Å²) in [7, 11) is 0. The highest BCUT2D eigenvalue weighted by atomic mass is 16.5. The molecule has 0 saturated heterocycles. The number of imide groups is 1. The molecule has 1 aliphatic rings. The van der Waals surface area contributed by atoms with Crippen molar-refractivity contribution in [3.63, 3.8) is 0 Å². The molecule has 2 N–H and O–H groups in total. The predicted molar refractivity (Wildman–Crippen MR) is 71.9 cm³/mol. The van der Waals surface area contributed by atoms with Gasteiger partial charge in [-0.3, -0.25) is 14.5 Å². The highest BCUT2D eigenvalue weighted by Gasteiger charge is 2.36. The molecule has 5 heteroatoms. The van der Waals surface area contributed by atoms with Gasteiger partial charge < -0.3 is 10.5 Å². The molecule has 0 bridgehead atoms. The van der Waals surface area contributed by atoms with E-state index in [4.69, 9.17) is 10.5 Å². The van der Waals surface area contributed by atoms with Crippen molar-refractivity contribution in [1.82, 2.24) is 4.90 Å². The SMILES string of the molecule is CC(C)COCCN1C(=O)c2cccc(N)c2C1=O. The third-order valence-electron chi connectivity index (χ3n) is 2.94. The largest absolute Gasteiger partial charge is 0.398 e. The molecular formula is C14H18N2O3. The van der Waals surface area contributed by atoms with Crippen LogP contribution in [0.1, 0.15) is 34.6 Å². The van der Waals surface area contributed by atoms with Crippen LogP contribution in [0.3, 0.4) is 0 Å². The summed E-state index contributed by atoms with van der Waals surface area (Å²) in [6.07, 6.45) is 0. The van der Waals surface area contributed by atoms with Gasteiger partial charge in [-0.2, -0.15) is 0 Å². The van der Waals surface area contributed by atoms with Crippen molar-refractivity contribution in [3.8, 4) is 0 Å². The second kappa shape index (κ2) is 5.40. The fraction of sp³-hybridized carbons (Fsp3) is 0.429. The van der Waals surface area contributed by atoms with E-state index in [1.807, 2.05) is 13.8 Å². The Morgan fingerprint density at radius 2 is 2.00 bits per heavy atom. The van der Waals surface area contributed by atoms with E-state index >= 15 is 0 Å². The number of carbonyl (C=O) groups excluding carboxylic acids is 2. The van der Waals surface area contributed by atoms with Crippen LogP contribution in [0.15, 0.2) is 18.2 Å². The molecule has 5 nitrogen and oxygen atoms in total. The van der Waals surface area contributed by atoms with Crippen LogP contribution in [0.5, 0.6) is 0 Å². The lowest BCUT2D eigenvalue weighted by Gasteiger charge is -2.14. The van der Waals surface area contributed by atoms with Gasteiger partial charge in [-0.25, -0.2) is 0 Å². The normalized spacial score (nSPS) is 14.4. The molecule has 0 unspecified atom stereocenters. The van der Waals surface area contributed by atoms with Crippen LogP contribution in [0.25, 0.3) is 0 Å². The van der Waals surface area contributed by atoms with Crippen LogP contribution in [-0.4, -0.2) is 36.5 Å². The molecule has 0 fully saturated rings. The number of fused-ring (bicyclic) bond motifs is 1. The van der Waals surface area contributed by atoms with Gasteiger partial charge in [0, 0.05) is 12.3 Å². The summed E-state index contributed by atoms with van der Waals surface area (Å²) in [5.41, 5.74) is 6.80. The van der Waals surface area contributed by atoms with Crippen molar-refractivity contribution in [1.29, 1.82) is 0 Å². The number of benzene rings is 1. The Kier molecular flexibility index (Phi) is 3.85. The van der Waals surface area contributed by atoms with Crippen LogP contribution >= 0.6 is 0 Å². The summed E-state index contributed by atoms with van der Waals surface area (Å²) < 4.78 is 5.41. The lowest BCUT2D eigenvalue weighted by molar-refractivity contribution is 0.0535. The molecule has 0 saturated carbocycles. The minimum atomic E-state index is -0.328. The quantitative estimate of drug-likeness (QED) is 0.496. The van der Waals surface area contributed by atoms with Gasteiger partial charge in [0.05, 0.1) is 24.3 Å². The van der Waals surface area contributed by atoms with Crippen molar-refractivity contribution in [2.45, 2.75) is 13.8 Å². The van der Waals surface area contributed by atoms with E-state index in [9.17, 15) is 9.59 Å². The van der Waals surface area contributed by atoms with Gasteiger partial charge in [0.2, 0.25) is 0 Å². The lowest BCUT2D eigenvalue weighted by Crippen LogP contribution is -2.33. The summed E-state index contributed by atoms with van der Waals surface area (Å²) in [6, 6.07) is 4.93. The van der Waals surface area contributed by atoms with E-state index in [0.717, 1.165) is 0 Å². The Morgan fingerprint density at radius 1 is 1.26 bits per heavy atom. The van der Waals surface area contributed by atoms with Crippen LogP contribution in [0.4, 0.5) is 5.69 Å². The number of hydrogen-bond donors (Lipinski definition) is 1. The first-order valence-corrected chi connectivity index (χ1v) is 6.34. The van der Waals surface area contributed by atoms with Gasteiger partial charge >= 0.3 is 0 Å². The Morgan fingerprint density at radius 3 is 2.63 bits per heavy atom. The minimum absolute atomic E-state index is 0.262. The number of ether oxygens (including phenoxy) is 1. The Bertz CT molecular complexity index is 511. The maximum Gasteiger partial charge on any atom is 0.263 e. The monoisotopic (exact) mass is 262 g/mol. The molecular weight excluding hydrogens is 244 g/mol. The van der Waals surface area contributed by atoms with Crippen molar-refractivity contribution >= 4 is 17.5 Å². The molecule has 0 atom stereocenters. The van der Waals surface area contributed by atoms with Crippen molar-refractivity contribution < 1.29 is 14.3 Å². The summed E-state index contributed by atoms with van der Waals surface area (Å²) in [6.45, 7) is 5.32. The van der Waals surface area contributed by atoms with Crippen LogP contribution in [-0.2, 0) is 4.74 Å². The highest BCUT2D eigenvalue weighted by molar-refractivity contribution is 6.23. The molecule has 0 aromatic heterocycles. The number of rotatable bonds is 5. The molecule has 2 rings (SSSR count). The summed E-state index contributed by atoms with van der Waals surface area (Å²) >= 11 is 0. The molecule has 0 aliphatic carbocycles. The number of anilines is 1. The smallest absolute Gasteiger partial charge is 0.263 e. The first-order chi connectivity index (χ1) is 9.02. The molecule has 102 valence electrons. The third kappa shape index (κ3) is 2.61. The second-order valence-corrected chi connectivity index (χ2v) is 5.00. The Balaban J connectivity index is 2.04. The van der Waals surface area contributed by atoms with Gasteiger partial charge in [-0.15, -0.1) is 0 Å². The predicted octanol–water partition coefficient (Wildman–Crippen LogP) is 1.54. The molecule has 1 aliphatic heterocycles. The van der Waals surface area contributed by atoms with Crippen LogP contribution in [0, 0.1) is 5.92 Å². The van der Waals surface area contributed by atoms with Crippen LogP contribution < -0.4 is 5.73 Å². The first-order valence-electron chi connectivity index (χ1n) is 6.34. The molecule has 2 amide bonds. The van der Waals surface area contributed by atoms with Gasteiger partial charge in [-0.05, 0) is 18.1 Å². The number of carbonyl (C=O) groups is 2. The zero-order chi connectivity index (χ0) is 14.0. The Labute approximate surface area is 112 Å². The third-order valence-corrected chi connectivity index (χ3v) is 2.94. The maximum atomic E-state index is 12.1. The van der Waals surface area contributed by atoms with E-state index in [2.05, 4.69) is 0 Å². The van der Waals surface area contributed by atoms with Crippen LogP contribution in [0.2, 0.25) is 0 Å². The molecule has 19 heavy (non-hydrogen) atoms. The molecule has 1 aromatic carbocycles. The zero-order valence-electron chi connectivity index (χ0n) is 11.2. The molecule has 1 aromatic rings. The summed E-state index contributed by atoms with van der Waals surface area (Å²) in [5.74, 6) is -0.190. The molecule has 0 spiro atoms. The number of amides is 2. The number of hydrogen-bond acceptors (Lipinski definition) is 4. The summed E-state index contributed by atoms with van der Waals surface area (Å²) in [5, 5.41) is 0. The lowest BCUT2D eigenvalue weighted by atomic mass is 10.1. The molecule has 0 radical (unpaired) electrons. The van der Waals surface area contributed by atoms with E-state index in [-0.39, 0.29) is 18.4 Å². The molecule has 1 heterocycles. The van der Waals surface area contributed by atoms with E-state index in [1.54, 1.807) is 18.2 Å². The van der Waals surface area contributed by atoms with Gasteiger partial charge in [0.1, 0.15) is 0 Å². The summed E-state index contributed by atoms with van der Waals surface area (Å²) in [4.78, 5) is 25.4. The fourth-order valence-corrected chi connectivity index (χ4v) is 2.04. The average molecular weight is 262 g/mol. The minimum Gasteiger partial charge on any atom is -0.398 e. The van der Waals surface area contributed by atoms with Gasteiger partial charge in [0.15, 0.2) is 0 Å². The zero-order valence-corrected chi connectivity index (χ0v) is 11.2. The van der Waals surface area contributed by atoms with Gasteiger partial charge in [-0.1, -0.05) is 19.9 Å². The van der Waals surface area contributed by atoms with E-state index < -0.39 is 0 Å². The topological polar surface area (TPSA) is 72.6 Å². The average Bonchev–Trinajstić information content (AvgIpc) is 2.59. The number of nitrogen functional groups attached to an aromatic ring is 1. The fourth-order valence-electron chi connectivity index (χ4n) is 2.04. The van der Waals surface area contributed by atoms with Crippen molar-refractivity contribution in [3.05, 3.63) is 29.3 Å². The van der Waals surface area contributed by atoms with Crippen molar-refractivity contribution in [2.24, 2.45) is 5.92 Å². The van der Waals surface area contributed by atoms with Crippen molar-refractivity contribution in [2.75, 3.05) is 25.5 Å². The Hall–Kier alpha value is -1.88. The standard InChI is InChI=1S/C14H18N2O3/c1-9(2)8-19-7-6-16-13(17)10-4-3-5-11(15)12(10)14(16)18/h3-5,9H,6-8,15H2,1-2H3. The maximum absolute atomic E-state index is 12.1. The van der Waals surface area contributed by atoms with E-state index in [0.29, 0.717) is 35.9 Å². The number of nitrogens with two attached hydrogens (primary N) is 1. The van der Waals surface area contributed by atoms with Gasteiger partial charge in [0.25, 0.3) is 11.8 Å².